The second-order valence-corrected chi connectivity index (χ2v) is 12.1. The molecule has 1 aliphatic carbocycles. The van der Waals surface area contributed by atoms with Crippen molar-refractivity contribution in [3.63, 3.8) is 0 Å². The van der Waals surface area contributed by atoms with Crippen LogP contribution in [-0.2, 0) is 0 Å². The number of aromatic nitrogens is 3. The highest BCUT2D eigenvalue weighted by Crippen LogP contribution is 2.64. The monoisotopic (exact) mass is 555 g/mol. The summed E-state index contributed by atoms with van der Waals surface area (Å²) in [6.45, 7) is 0. The molecule has 9 rings (SSSR count). The van der Waals surface area contributed by atoms with Crippen LogP contribution in [0.1, 0.15) is 28.0 Å². The zero-order valence-corrected chi connectivity index (χ0v) is 23.5. The summed E-state index contributed by atoms with van der Waals surface area (Å²) in [6, 6.07) is 47.5. The maximum absolute atomic E-state index is 5.26. The van der Waals surface area contributed by atoms with Crippen molar-refractivity contribution in [2.45, 2.75) is 16.1 Å². The highest BCUT2D eigenvalue weighted by Gasteiger charge is 2.44. The second kappa shape index (κ2) is 9.30. The van der Waals surface area contributed by atoms with Crippen LogP contribution in [0, 0.1) is 0 Å². The third-order valence-corrected chi connectivity index (χ3v) is 10.0. The summed E-state index contributed by atoms with van der Waals surface area (Å²) in [7, 11) is 0. The summed E-state index contributed by atoms with van der Waals surface area (Å²) in [6.07, 6.45) is 2.03. The van der Waals surface area contributed by atoms with E-state index in [1.165, 1.54) is 43.7 Å². The molecule has 7 aromatic rings. The molecule has 2 aliphatic rings. The van der Waals surface area contributed by atoms with Gasteiger partial charge in [0.05, 0.1) is 28.3 Å². The smallest absolute Gasteiger partial charge is 0.159 e. The van der Waals surface area contributed by atoms with Gasteiger partial charge in [-0.15, -0.1) is 11.8 Å². The summed E-state index contributed by atoms with van der Waals surface area (Å²) >= 11 is 1.99. The van der Waals surface area contributed by atoms with Gasteiger partial charge in [-0.2, -0.15) is 0 Å². The quantitative estimate of drug-likeness (QED) is 0.217. The van der Waals surface area contributed by atoms with Crippen molar-refractivity contribution in [2.75, 3.05) is 0 Å². The van der Waals surface area contributed by atoms with Crippen molar-refractivity contribution >= 4 is 22.7 Å². The van der Waals surface area contributed by atoms with Crippen LogP contribution in [-0.4, -0.2) is 14.5 Å². The standard InChI is InChI=1S/C38H25N3S/c1-3-13-24(14-4-1)35-31(23-39-38(40-35)25-15-5-2-6-16-25)41-30-21-11-9-19-28(30)33-26-17-7-8-18-27(26)34-29-20-10-12-22-32(29)42-37(34)36(33)41/h1-23,34,37H. The minimum absolute atomic E-state index is 0.233. The van der Waals surface area contributed by atoms with Gasteiger partial charge in [-0.25, -0.2) is 9.97 Å². The average molecular weight is 556 g/mol. The highest BCUT2D eigenvalue weighted by atomic mass is 32.2. The second-order valence-electron chi connectivity index (χ2n) is 10.9. The molecule has 0 amide bonds. The van der Waals surface area contributed by atoms with Crippen LogP contribution in [0.15, 0.2) is 145 Å². The van der Waals surface area contributed by atoms with E-state index in [0.29, 0.717) is 0 Å². The van der Waals surface area contributed by atoms with Gasteiger partial charge in [0.2, 0.25) is 0 Å². The molecule has 4 heteroatoms. The molecular formula is C38H25N3S. The Bertz CT molecular complexity index is 2130. The number of hydrogen-bond donors (Lipinski definition) is 0. The Morgan fingerprint density at radius 3 is 2.12 bits per heavy atom. The van der Waals surface area contributed by atoms with Crippen molar-refractivity contribution in [2.24, 2.45) is 0 Å². The molecule has 2 aromatic heterocycles. The van der Waals surface area contributed by atoms with Gasteiger partial charge in [0, 0.05) is 38.6 Å². The van der Waals surface area contributed by atoms with Gasteiger partial charge in [0.1, 0.15) is 0 Å². The third kappa shape index (κ3) is 3.42. The lowest BCUT2D eigenvalue weighted by Crippen LogP contribution is -2.16. The Hall–Kier alpha value is -4.93. The Morgan fingerprint density at radius 1 is 0.619 bits per heavy atom. The molecule has 0 bridgehead atoms. The minimum Gasteiger partial charge on any atom is -0.308 e. The van der Waals surface area contributed by atoms with E-state index in [9.17, 15) is 0 Å². The lowest BCUT2D eigenvalue weighted by atomic mass is 9.77. The fraction of sp³-hybridized carbons (Fsp3) is 0.0526. The van der Waals surface area contributed by atoms with Gasteiger partial charge in [0.25, 0.3) is 0 Å². The van der Waals surface area contributed by atoms with E-state index in [4.69, 9.17) is 9.97 Å². The number of nitrogens with zero attached hydrogens (tertiary/aromatic N) is 3. The predicted octanol–water partition coefficient (Wildman–Crippen LogP) is 9.71. The molecule has 0 radical (unpaired) electrons. The Balaban J connectivity index is 1.38. The Morgan fingerprint density at radius 2 is 1.29 bits per heavy atom. The molecule has 1 aliphatic heterocycles. The molecule has 0 N–H and O–H groups in total. The van der Waals surface area contributed by atoms with Crippen molar-refractivity contribution in [1.29, 1.82) is 0 Å². The van der Waals surface area contributed by atoms with Crippen molar-refractivity contribution in [3.8, 4) is 39.5 Å². The summed E-state index contributed by atoms with van der Waals surface area (Å²) in [4.78, 5) is 11.6. The van der Waals surface area contributed by atoms with Gasteiger partial charge in [0.15, 0.2) is 5.82 Å². The van der Waals surface area contributed by atoms with Crippen molar-refractivity contribution in [3.05, 3.63) is 156 Å². The first kappa shape index (κ1) is 23.7. The largest absolute Gasteiger partial charge is 0.308 e. The van der Waals surface area contributed by atoms with E-state index in [2.05, 4.69) is 120 Å². The fourth-order valence-electron chi connectivity index (χ4n) is 6.90. The first-order valence-corrected chi connectivity index (χ1v) is 15.2. The van der Waals surface area contributed by atoms with Gasteiger partial charge in [-0.3, -0.25) is 0 Å². The molecule has 3 heterocycles. The van der Waals surface area contributed by atoms with Crippen LogP contribution in [0.3, 0.4) is 0 Å². The molecule has 198 valence electrons. The van der Waals surface area contributed by atoms with Crippen LogP contribution in [0.25, 0.3) is 50.4 Å². The molecule has 0 spiro atoms. The zero-order chi connectivity index (χ0) is 27.6. The van der Waals surface area contributed by atoms with E-state index in [1.54, 1.807) is 0 Å². The Kier molecular flexibility index (Phi) is 5.26. The number of hydrogen-bond acceptors (Lipinski definition) is 3. The van der Waals surface area contributed by atoms with E-state index < -0.39 is 0 Å². The van der Waals surface area contributed by atoms with Crippen LogP contribution in [0.5, 0.6) is 0 Å². The van der Waals surface area contributed by atoms with E-state index in [0.717, 1.165) is 28.3 Å². The molecule has 3 nitrogen and oxygen atoms in total. The normalized spacial score (nSPS) is 16.5. The molecule has 42 heavy (non-hydrogen) atoms. The van der Waals surface area contributed by atoms with E-state index in [1.807, 2.05) is 36.2 Å². The van der Waals surface area contributed by atoms with Crippen LogP contribution >= 0.6 is 11.8 Å². The van der Waals surface area contributed by atoms with Gasteiger partial charge in [-0.05, 0) is 28.8 Å². The van der Waals surface area contributed by atoms with Gasteiger partial charge in [-0.1, -0.05) is 121 Å². The summed E-state index contributed by atoms with van der Waals surface area (Å²) < 4.78 is 2.47. The van der Waals surface area contributed by atoms with E-state index >= 15 is 0 Å². The number of fused-ring (bicyclic) bond motifs is 10. The number of benzene rings is 5. The topological polar surface area (TPSA) is 30.7 Å². The molecule has 0 saturated carbocycles. The predicted molar refractivity (Wildman–Crippen MR) is 172 cm³/mol. The first-order valence-electron chi connectivity index (χ1n) is 14.3. The molecule has 2 atom stereocenters. The number of para-hydroxylation sites is 1. The maximum Gasteiger partial charge on any atom is 0.159 e. The van der Waals surface area contributed by atoms with Gasteiger partial charge < -0.3 is 4.57 Å². The van der Waals surface area contributed by atoms with Crippen LogP contribution < -0.4 is 0 Å². The first-order chi connectivity index (χ1) is 20.9. The molecule has 2 unspecified atom stereocenters. The third-order valence-electron chi connectivity index (χ3n) is 8.65. The summed E-state index contributed by atoms with van der Waals surface area (Å²) in [5.74, 6) is 1.01. The van der Waals surface area contributed by atoms with Crippen LogP contribution in [0.4, 0.5) is 0 Å². The van der Waals surface area contributed by atoms with E-state index in [-0.39, 0.29) is 11.2 Å². The summed E-state index contributed by atoms with van der Waals surface area (Å²) in [5, 5.41) is 1.50. The number of rotatable bonds is 3. The lowest BCUT2D eigenvalue weighted by molar-refractivity contribution is 0.750. The number of thioether (sulfide) groups is 1. The van der Waals surface area contributed by atoms with Crippen molar-refractivity contribution < 1.29 is 0 Å². The van der Waals surface area contributed by atoms with Gasteiger partial charge >= 0.3 is 0 Å². The zero-order valence-electron chi connectivity index (χ0n) is 22.7. The molecule has 0 fully saturated rings. The van der Waals surface area contributed by atoms with Crippen molar-refractivity contribution in [1.82, 2.24) is 14.5 Å². The molecular weight excluding hydrogens is 531 g/mol. The minimum atomic E-state index is 0.233. The average Bonchev–Trinajstić information content (AvgIpc) is 3.62. The Labute approximate surface area is 248 Å². The molecule has 0 saturated heterocycles. The fourth-order valence-corrected chi connectivity index (χ4v) is 8.42. The van der Waals surface area contributed by atoms with Crippen LogP contribution in [0.2, 0.25) is 0 Å². The summed E-state index contributed by atoms with van der Waals surface area (Å²) in [5.41, 5.74) is 12.0. The maximum atomic E-state index is 5.26. The lowest BCUT2D eigenvalue weighted by Gasteiger charge is -2.31. The highest BCUT2D eigenvalue weighted by molar-refractivity contribution is 8.00. The molecule has 5 aromatic carbocycles. The SMILES string of the molecule is c1ccc(-c2ncc(-n3c4c(c5ccccc53)-c3ccccc3C3c5ccccc5SC43)c(-c3ccccc3)n2)cc1.